The molecule has 1 aromatic carbocycles. The van der Waals surface area contributed by atoms with E-state index in [1.165, 1.54) is 12.4 Å². The first kappa shape index (κ1) is 18.9. The molecule has 0 aliphatic carbocycles. The normalized spacial score (nSPS) is 12.9. The number of fused-ring (bicyclic) bond motifs is 3. The van der Waals surface area contributed by atoms with Crippen molar-refractivity contribution in [2.24, 2.45) is 0 Å². The molecule has 3 heterocycles. The second kappa shape index (κ2) is 7.88. The minimum absolute atomic E-state index is 0.0281. The predicted octanol–water partition coefficient (Wildman–Crippen LogP) is 1.45. The van der Waals surface area contributed by atoms with Crippen LogP contribution in [0, 0.1) is 0 Å². The first-order valence-corrected chi connectivity index (χ1v) is 9.29. The molecule has 150 valence electrons. The van der Waals surface area contributed by atoms with Crippen molar-refractivity contribution in [3.8, 4) is 28.7 Å². The minimum atomic E-state index is -0.0875. The SMILES string of the molecule is CN(C)C=CC(=O)c1ccc2c(c1)OCCn1cc(-c3ncnn3CCO)nc1-2. The number of hydrogen-bond donors (Lipinski definition) is 1. The number of hydrogen-bond acceptors (Lipinski definition) is 7. The zero-order valence-electron chi connectivity index (χ0n) is 16.3. The summed E-state index contributed by atoms with van der Waals surface area (Å²) in [4.78, 5) is 23.2. The van der Waals surface area contributed by atoms with Gasteiger partial charge in [0.15, 0.2) is 11.6 Å². The van der Waals surface area contributed by atoms with E-state index in [-0.39, 0.29) is 12.4 Å². The van der Waals surface area contributed by atoms with E-state index in [0.29, 0.717) is 42.5 Å². The van der Waals surface area contributed by atoms with Crippen LogP contribution < -0.4 is 4.74 Å². The van der Waals surface area contributed by atoms with Crippen LogP contribution >= 0.6 is 0 Å². The van der Waals surface area contributed by atoms with Gasteiger partial charge in [-0.3, -0.25) is 4.79 Å². The highest BCUT2D eigenvalue weighted by Crippen LogP contribution is 2.34. The van der Waals surface area contributed by atoms with Crippen LogP contribution in [-0.2, 0) is 13.1 Å². The first-order chi connectivity index (χ1) is 14.1. The van der Waals surface area contributed by atoms with Gasteiger partial charge in [0.2, 0.25) is 0 Å². The lowest BCUT2D eigenvalue weighted by molar-refractivity contribution is 0.104. The number of aliphatic hydroxyl groups is 1. The van der Waals surface area contributed by atoms with Gasteiger partial charge in [-0.15, -0.1) is 0 Å². The van der Waals surface area contributed by atoms with Crippen LogP contribution in [0.4, 0.5) is 0 Å². The van der Waals surface area contributed by atoms with Gasteiger partial charge in [-0.25, -0.2) is 14.6 Å². The molecule has 1 aliphatic rings. The lowest BCUT2D eigenvalue weighted by Gasteiger charge is -2.08. The number of aliphatic hydroxyl groups excluding tert-OH is 1. The van der Waals surface area contributed by atoms with Gasteiger partial charge in [-0.2, -0.15) is 5.10 Å². The smallest absolute Gasteiger partial charge is 0.187 e. The average molecular weight is 394 g/mol. The summed E-state index contributed by atoms with van der Waals surface area (Å²) in [6.07, 6.45) is 6.61. The third kappa shape index (κ3) is 3.77. The van der Waals surface area contributed by atoms with E-state index in [9.17, 15) is 9.90 Å². The van der Waals surface area contributed by atoms with Gasteiger partial charge >= 0.3 is 0 Å². The molecular formula is C20H22N6O3. The second-order valence-corrected chi connectivity index (χ2v) is 6.88. The summed E-state index contributed by atoms with van der Waals surface area (Å²) in [6, 6.07) is 5.40. The summed E-state index contributed by atoms with van der Waals surface area (Å²) < 4.78 is 9.51. The fraction of sp³-hybridized carbons (Fsp3) is 0.300. The van der Waals surface area contributed by atoms with Crippen molar-refractivity contribution >= 4 is 5.78 Å². The fourth-order valence-electron chi connectivity index (χ4n) is 3.18. The summed E-state index contributed by atoms with van der Waals surface area (Å²) in [6.45, 7) is 1.40. The molecule has 0 unspecified atom stereocenters. The molecule has 0 spiro atoms. The summed E-state index contributed by atoms with van der Waals surface area (Å²) in [5.74, 6) is 1.88. The molecule has 9 nitrogen and oxygen atoms in total. The molecule has 4 rings (SSSR count). The second-order valence-electron chi connectivity index (χ2n) is 6.88. The largest absolute Gasteiger partial charge is 0.491 e. The fourth-order valence-corrected chi connectivity index (χ4v) is 3.18. The Kier molecular flexibility index (Phi) is 5.13. The van der Waals surface area contributed by atoms with Gasteiger partial charge in [-0.05, 0) is 12.1 Å². The molecule has 0 saturated carbocycles. The van der Waals surface area contributed by atoms with Crippen LogP contribution in [0.5, 0.6) is 5.75 Å². The van der Waals surface area contributed by atoms with Crippen molar-refractivity contribution in [1.82, 2.24) is 29.2 Å². The number of carbonyl (C=O) groups is 1. The van der Waals surface area contributed by atoms with Crippen molar-refractivity contribution in [3.63, 3.8) is 0 Å². The van der Waals surface area contributed by atoms with Gasteiger partial charge in [0, 0.05) is 38.1 Å². The third-order valence-electron chi connectivity index (χ3n) is 4.55. The number of imidazole rings is 1. The highest BCUT2D eigenvalue weighted by atomic mass is 16.5. The molecule has 29 heavy (non-hydrogen) atoms. The van der Waals surface area contributed by atoms with E-state index in [1.54, 1.807) is 23.0 Å². The summed E-state index contributed by atoms with van der Waals surface area (Å²) in [5, 5.41) is 13.3. The van der Waals surface area contributed by atoms with Crippen LogP contribution in [0.2, 0.25) is 0 Å². The number of rotatable bonds is 6. The number of aromatic nitrogens is 5. The monoisotopic (exact) mass is 394 g/mol. The van der Waals surface area contributed by atoms with Crippen molar-refractivity contribution in [2.45, 2.75) is 13.1 Å². The van der Waals surface area contributed by atoms with Crippen LogP contribution in [0.3, 0.4) is 0 Å². The Bertz CT molecular complexity index is 1070. The highest BCUT2D eigenvalue weighted by Gasteiger charge is 2.21. The first-order valence-electron chi connectivity index (χ1n) is 9.29. The molecule has 0 bridgehead atoms. The minimum Gasteiger partial charge on any atom is -0.491 e. The lowest BCUT2D eigenvalue weighted by atomic mass is 10.1. The molecule has 2 aromatic heterocycles. The Hall–Kier alpha value is -3.46. The van der Waals surface area contributed by atoms with Crippen LogP contribution in [0.25, 0.3) is 22.9 Å². The standard InChI is InChI=1S/C20H22N6O3/c1-24(2)6-5-17(28)14-3-4-15-18(11-14)29-10-8-25-12-16(23-19(15)25)20-21-13-22-26(20)7-9-27/h3-6,11-13,27H,7-10H2,1-2H3. The number of allylic oxidation sites excluding steroid dienone is 1. The third-order valence-corrected chi connectivity index (χ3v) is 4.55. The molecular weight excluding hydrogens is 372 g/mol. The molecule has 3 aromatic rings. The van der Waals surface area contributed by atoms with Crippen LogP contribution in [-0.4, -0.2) is 67.4 Å². The Balaban J connectivity index is 1.70. The lowest BCUT2D eigenvalue weighted by Crippen LogP contribution is -2.06. The zero-order valence-corrected chi connectivity index (χ0v) is 16.3. The van der Waals surface area contributed by atoms with E-state index in [4.69, 9.17) is 9.72 Å². The quantitative estimate of drug-likeness (QED) is 0.499. The van der Waals surface area contributed by atoms with E-state index in [0.717, 1.165) is 11.4 Å². The maximum atomic E-state index is 12.4. The van der Waals surface area contributed by atoms with Crippen molar-refractivity contribution in [2.75, 3.05) is 27.3 Å². The van der Waals surface area contributed by atoms with E-state index < -0.39 is 0 Å². The Morgan fingerprint density at radius 1 is 1.34 bits per heavy atom. The number of ketones is 1. The molecule has 1 aliphatic heterocycles. The molecule has 0 fully saturated rings. The van der Waals surface area contributed by atoms with Gasteiger partial charge in [0.25, 0.3) is 0 Å². The summed E-state index contributed by atoms with van der Waals surface area (Å²) >= 11 is 0. The summed E-state index contributed by atoms with van der Waals surface area (Å²) in [5.41, 5.74) is 2.05. The highest BCUT2D eigenvalue weighted by molar-refractivity contribution is 6.05. The maximum absolute atomic E-state index is 12.4. The topological polar surface area (TPSA) is 98.3 Å². The molecule has 0 atom stereocenters. The number of nitrogens with zero attached hydrogens (tertiary/aromatic N) is 6. The van der Waals surface area contributed by atoms with E-state index >= 15 is 0 Å². The van der Waals surface area contributed by atoms with Gasteiger partial charge in [0.1, 0.15) is 30.2 Å². The Morgan fingerprint density at radius 3 is 3.00 bits per heavy atom. The number of benzene rings is 1. The van der Waals surface area contributed by atoms with Crippen LogP contribution in [0.15, 0.2) is 43.0 Å². The number of ether oxygens (including phenoxy) is 1. The van der Waals surface area contributed by atoms with E-state index in [1.807, 2.05) is 35.8 Å². The van der Waals surface area contributed by atoms with E-state index in [2.05, 4.69) is 10.1 Å². The van der Waals surface area contributed by atoms with Gasteiger partial charge in [-0.1, -0.05) is 6.07 Å². The molecule has 1 N–H and O–H groups in total. The Morgan fingerprint density at radius 2 is 2.21 bits per heavy atom. The van der Waals surface area contributed by atoms with Gasteiger partial charge < -0.3 is 19.3 Å². The predicted molar refractivity (Wildman–Crippen MR) is 106 cm³/mol. The molecule has 0 saturated heterocycles. The molecule has 0 radical (unpaired) electrons. The maximum Gasteiger partial charge on any atom is 0.187 e. The van der Waals surface area contributed by atoms with Crippen molar-refractivity contribution < 1.29 is 14.6 Å². The zero-order chi connectivity index (χ0) is 20.4. The van der Waals surface area contributed by atoms with Crippen molar-refractivity contribution in [3.05, 3.63) is 48.6 Å². The Labute approximate surface area is 167 Å². The molecule has 9 heteroatoms. The summed E-state index contributed by atoms with van der Waals surface area (Å²) in [7, 11) is 3.73. The van der Waals surface area contributed by atoms with Gasteiger partial charge in [0.05, 0.1) is 25.3 Å². The molecule has 0 amide bonds. The van der Waals surface area contributed by atoms with Crippen molar-refractivity contribution in [1.29, 1.82) is 0 Å². The van der Waals surface area contributed by atoms with Crippen LogP contribution in [0.1, 0.15) is 10.4 Å². The number of carbonyl (C=O) groups excluding carboxylic acids is 1. The average Bonchev–Trinajstić information content (AvgIpc) is 3.29.